The Morgan fingerprint density at radius 1 is 1.24 bits per heavy atom. The lowest BCUT2D eigenvalue weighted by molar-refractivity contribution is 0.0398. The van der Waals surface area contributed by atoms with Crippen molar-refractivity contribution < 1.29 is 4.74 Å². The second kappa shape index (κ2) is 6.64. The maximum absolute atomic E-state index is 5.33. The summed E-state index contributed by atoms with van der Waals surface area (Å²) in [6.07, 6.45) is 3.65. The summed E-state index contributed by atoms with van der Waals surface area (Å²) in [6, 6.07) is 3.88. The predicted molar refractivity (Wildman–Crippen MR) is 80.0 cm³/mol. The molecule has 2 aromatic heterocycles. The van der Waals surface area contributed by atoms with Crippen LogP contribution in [0.3, 0.4) is 0 Å². The van der Waals surface area contributed by atoms with Crippen molar-refractivity contribution in [3.63, 3.8) is 0 Å². The third-order valence-corrected chi connectivity index (χ3v) is 3.55. The highest BCUT2D eigenvalue weighted by molar-refractivity contribution is 5.51. The number of anilines is 1. The Labute approximate surface area is 124 Å². The predicted octanol–water partition coefficient (Wildman–Crippen LogP) is 0.621. The van der Waals surface area contributed by atoms with Crippen LogP contribution in [0, 0.1) is 0 Å². The van der Waals surface area contributed by atoms with Gasteiger partial charge in [0.15, 0.2) is 5.82 Å². The lowest BCUT2D eigenvalue weighted by Gasteiger charge is -2.26. The second-order valence-corrected chi connectivity index (χ2v) is 5.05. The molecule has 7 nitrogen and oxygen atoms in total. The van der Waals surface area contributed by atoms with Crippen molar-refractivity contribution in [2.75, 3.05) is 44.7 Å². The number of nitrogens with zero attached hydrogens (tertiary/aromatic N) is 5. The zero-order chi connectivity index (χ0) is 14.5. The van der Waals surface area contributed by atoms with E-state index < -0.39 is 0 Å². The first-order chi connectivity index (χ1) is 10.3. The summed E-state index contributed by atoms with van der Waals surface area (Å²) in [5, 5.41) is 11.7. The van der Waals surface area contributed by atoms with Crippen LogP contribution >= 0.6 is 0 Å². The molecule has 1 saturated heterocycles. The van der Waals surface area contributed by atoms with E-state index in [0.29, 0.717) is 0 Å². The molecule has 0 amide bonds. The zero-order valence-electron chi connectivity index (χ0n) is 12.2. The van der Waals surface area contributed by atoms with Crippen molar-refractivity contribution in [1.82, 2.24) is 24.6 Å². The monoisotopic (exact) mass is 288 g/mol. The lowest BCUT2D eigenvalue weighted by Crippen LogP contribution is -2.39. The van der Waals surface area contributed by atoms with E-state index in [4.69, 9.17) is 4.74 Å². The minimum atomic E-state index is 0.779. The number of aromatic nitrogens is 4. The van der Waals surface area contributed by atoms with Crippen LogP contribution in [0.1, 0.15) is 0 Å². The number of morpholine rings is 1. The fourth-order valence-corrected chi connectivity index (χ4v) is 2.33. The normalized spacial score (nSPS) is 16.0. The summed E-state index contributed by atoms with van der Waals surface area (Å²) in [5.41, 5.74) is 0.779. The third-order valence-electron chi connectivity index (χ3n) is 3.55. The summed E-state index contributed by atoms with van der Waals surface area (Å²) in [5.74, 6) is 1.61. The second-order valence-electron chi connectivity index (χ2n) is 5.05. The van der Waals surface area contributed by atoms with Gasteiger partial charge in [-0.1, -0.05) is 0 Å². The number of hydrogen-bond acceptors (Lipinski definition) is 6. The molecule has 1 aliphatic heterocycles. The molecule has 7 heteroatoms. The Bertz CT molecular complexity index is 561. The number of nitrogens with one attached hydrogen (secondary N) is 1. The van der Waals surface area contributed by atoms with Gasteiger partial charge in [0, 0.05) is 45.6 Å². The van der Waals surface area contributed by atoms with Crippen LogP contribution in [0.4, 0.5) is 5.82 Å². The Morgan fingerprint density at radius 2 is 2.10 bits per heavy atom. The molecule has 21 heavy (non-hydrogen) atoms. The van der Waals surface area contributed by atoms with Crippen LogP contribution in [0.15, 0.2) is 24.5 Å². The number of hydrogen-bond donors (Lipinski definition) is 1. The number of aryl methyl sites for hydroxylation is 1. The first-order valence-electron chi connectivity index (χ1n) is 7.18. The SMILES string of the molecule is Cn1ccnc1-c1ccc(NCCN2CCOCC2)nn1. The molecule has 1 fully saturated rings. The highest BCUT2D eigenvalue weighted by Gasteiger charge is 2.09. The van der Waals surface area contributed by atoms with Gasteiger partial charge in [-0.2, -0.15) is 0 Å². The van der Waals surface area contributed by atoms with Gasteiger partial charge in [-0.05, 0) is 12.1 Å². The van der Waals surface area contributed by atoms with Gasteiger partial charge in [-0.3, -0.25) is 4.90 Å². The van der Waals surface area contributed by atoms with E-state index >= 15 is 0 Å². The molecule has 2 aromatic rings. The molecule has 0 unspecified atom stereocenters. The van der Waals surface area contributed by atoms with Crippen molar-refractivity contribution in [2.24, 2.45) is 7.05 Å². The molecule has 0 radical (unpaired) electrons. The van der Waals surface area contributed by atoms with Crippen molar-refractivity contribution in [2.45, 2.75) is 0 Å². The maximum atomic E-state index is 5.33. The van der Waals surface area contributed by atoms with E-state index in [0.717, 1.165) is 56.7 Å². The van der Waals surface area contributed by atoms with Crippen LogP contribution in [0.2, 0.25) is 0 Å². The number of rotatable bonds is 5. The van der Waals surface area contributed by atoms with Crippen LogP contribution in [-0.2, 0) is 11.8 Å². The molecule has 0 spiro atoms. The summed E-state index contributed by atoms with van der Waals surface area (Å²) >= 11 is 0. The Kier molecular flexibility index (Phi) is 4.42. The summed E-state index contributed by atoms with van der Waals surface area (Å²) in [4.78, 5) is 6.64. The number of imidazole rings is 1. The van der Waals surface area contributed by atoms with E-state index in [1.807, 2.05) is 29.9 Å². The first kappa shape index (κ1) is 14.0. The molecular weight excluding hydrogens is 268 g/mol. The topological polar surface area (TPSA) is 68.1 Å². The van der Waals surface area contributed by atoms with Crippen LogP contribution in [-0.4, -0.2) is 64.0 Å². The Balaban J connectivity index is 1.51. The molecule has 0 saturated carbocycles. The summed E-state index contributed by atoms with van der Waals surface area (Å²) < 4.78 is 7.26. The molecule has 0 bridgehead atoms. The fraction of sp³-hybridized carbons (Fsp3) is 0.500. The smallest absolute Gasteiger partial charge is 0.160 e. The van der Waals surface area contributed by atoms with Crippen molar-refractivity contribution >= 4 is 5.82 Å². The standard InChI is InChI=1S/C14H20N6O/c1-19-6-4-16-14(19)12-2-3-13(18-17-12)15-5-7-20-8-10-21-11-9-20/h2-4,6H,5,7-11H2,1H3,(H,15,18). The van der Waals surface area contributed by atoms with Gasteiger partial charge >= 0.3 is 0 Å². The molecule has 112 valence electrons. The molecule has 0 atom stereocenters. The van der Waals surface area contributed by atoms with Gasteiger partial charge in [-0.15, -0.1) is 10.2 Å². The quantitative estimate of drug-likeness (QED) is 0.870. The van der Waals surface area contributed by atoms with E-state index in [1.165, 1.54) is 0 Å². The van der Waals surface area contributed by atoms with Gasteiger partial charge in [0.1, 0.15) is 11.5 Å². The minimum Gasteiger partial charge on any atom is -0.379 e. The molecule has 3 heterocycles. The molecule has 0 aliphatic carbocycles. The minimum absolute atomic E-state index is 0.779. The van der Waals surface area contributed by atoms with Crippen molar-refractivity contribution in [3.8, 4) is 11.5 Å². The van der Waals surface area contributed by atoms with Gasteiger partial charge in [0.05, 0.1) is 13.2 Å². The van der Waals surface area contributed by atoms with E-state index in [2.05, 4.69) is 25.4 Å². The largest absolute Gasteiger partial charge is 0.379 e. The van der Waals surface area contributed by atoms with Crippen LogP contribution in [0.5, 0.6) is 0 Å². The van der Waals surface area contributed by atoms with Crippen molar-refractivity contribution in [1.29, 1.82) is 0 Å². The fourth-order valence-electron chi connectivity index (χ4n) is 2.33. The zero-order valence-corrected chi connectivity index (χ0v) is 12.2. The lowest BCUT2D eigenvalue weighted by atomic mass is 10.3. The molecule has 1 N–H and O–H groups in total. The van der Waals surface area contributed by atoms with Crippen molar-refractivity contribution in [3.05, 3.63) is 24.5 Å². The third kappa shape index (κ3) is 3.56. The van der Waals surface area contributed by atoms with Gasteiger partial charge in [-0.25, -0.2) is 4.98 Å². The van der Waals surface area contributed by atoms with Gasteiger partial charge < -0.3 is 14.6 Å². The Hall–Kier alpha value is -1.99. The van der Waals surface area contributed by atoms with E-state index in [-0.39, 0.29) is 0 Å². The highest BCUT2D eigenvalue weighted by atomic mass is 16.5. The first-order valence-corrected chi connectivity index (χ1v) is 7.18. The van der Waals surface area contributed by atoms with E-state index in [1.54, 1.807) is 6.20 Å². The molecule has 1 aliphatic rings. The van der Waals surface area contributed by atoms with Gasteiger partial charge in [0.2, 0.25) is 0 Å². The molecule has 3 rings (SSSR count). The Morgan fingerprint density at radius 3 is 2.76 bits per heavy atom. The molecular formula is C14H20N6O. The van der Waals surface area contributed by atoms with E-state index in [9.17, 15) is 0 Å². The van der Waals surface area contributed by atoms with Crippen LogP contribution < -0.4 is 5.32 Å². The summed E-state index contributed by atoms with van der Waals surface area (Å²) in [6.45, 7) is 5.52. The van der Waals surface area contributed by atoms with Crippen LogP contribution in [0.25, 0.3) is 11.5 Å². The molecule has 0 aromatic carbocycles. The average molecular weight is 288 g/mol. The summed E-state index contributed by atoms with van der Waals surface area (Å²) in [7, 11) is 1.94. The van der Waals surface area contributed by atoms with Gasteiger partial charge in [0.25, 0.3) is 0 Å². The number of ether oxygens (including phenoxy) is 1. The average Bonchev–Trinajstić information content (AvgIpc) is 2.95. The maximum Gasteiger partial charge on any atom is 0.160 e. The highest BCUT2D eigenvalue weighted by Crippen LogP contribution is 2.13.